The summed E-state index contributed by atoms with van der Waals surface area (Å²) in [6, 6.07) is 8.78. The molecule has 2 atom stereocenters. The second kappa shape index (κ2) is 10.6. The van der Waals surface area contributed by atoms with Gasteiger partial charge in [-0.1, -0.05) is 37.3 Å². The molecule has 1 aromatic carbocycles. The molecule has 128 valence electrons. The molecule has 0 aliphatic rings. The molecule has 0 heterocycles. The van der Waals surface area contributed by atoms with Crippen molar-refractivity contribution in [2.24, 2.45) is 5.73 Å². The van der Waals surface area contributed by atoms with Gasteiger partial charge in [-0.15, -0.1) is 0 Å². The maximum absolute atomic E-state index is 11.6. The predicted octanol–water partition coefficient (Wildman–Crippen LogP) is 2.36. The summed E-state index contributed by atoms with van der Waals surface area (Å²) in [4.78, 5) is 23.2. The van der Waals surface area contributed by atoms with E-state index in [1.807, 2.05) is 44.2 Å². The largest absolute Gasteiger partial charge is 0.462 e. The van der Waals surface area contributed by atoms with Gasteiger partial charge in [-0.2, -0.15) is 0 Å². The normalized spacial score (nSPS) is 13.0. The minimum absolute atomic E-state index is 0.125. The standard InChI is InChI=1S/C17H26N2O4/c1-3-13(2)23-16(20)15(18)10-7-11-19-17(21)22-12-14-8-5-4-6-9-14/h4-6,8-9,13,15H,3,7,10-12,18H2,1-2H3,(H,19,21)/t13?,15-/m0/s1. The lowest BCUT2D eigenvalue weighted by atomic mass is 10.1. The van der Waals surface area contributed by atoms with Gasteiger partial charge < -0.3 is 20.5 Å². The first-order valence-electron chi connectivity index (χ1n) is 7.93. The van der Waals surface area contributed by atoms with Crippen LogP contribution in [0.15, 0.2) is 30.3 Å². The molecule has 1 rings (SSSR count). The highest BCUT2D eigenvalue weighted by atomic mass is 16.5. The molecule has 0 aromatic heterocycles. The first kappa shape index (κ1) is 19.0. The molecule has 3 N–H and O–H groups in total. The van der Waals surface area contributed by atoms with Gasteiger partial charge in [0.05, 0.1) is 6.10 Å². The van der Waals surface area contributed by atoms with Gasteiger partial charge in [-0.25, -0.2) is 4.79 Å². The predicted molar refractivity (Wildman–Crippen MR) is 87.7 cm³/mol. The van der Waals surface area contributed by atoms with Crippen molar-refractivity contribution in [1.29, 1.82) is 0 Å². The van der Waals surface area contributed by atoms with Crippen LogP contribution in [-0.2, 0) is 20.9 Å². The highest BCUT2D eigenvalue weighted by Gasteiger charge is 2.16. The Morgan fingerprint density at radius 3 is 2.61 bits per heavy atom. The fourth-order valence-electron chi connectivity index (χ4n) is 1.77. The van der Waals surface area contributed by atoms with Crippen LogP contribution in [0.1, 0.15) is 38.7 Å². The van der Waals surface area contributed by atoms with E-state index in [-0.39, 0.29) is 12.7 Å². The number of hydrogen-bond donors (Lipinski definition) is 2. The van der Waals surface area contributed by atoms with E-state index in [0.29, 0.717) is 19.4 Å². The van der Waals surface area contributed by atoms with Crippen LogP contribution in [0.3, 0.4) is 0 Å². The average Bonchev–Trinajstić information content (AvgIpc) is 2.57. The summed E-state index contributed by atoms with van der Waals surface area (Å²) in [7, 11) is 0. The number of amides is 1. The van der Waals surface area contributed by atoms with Crippen molar-refractivity contribution in [3.05, 3.63) is 35.9 Å². The zero-order valence-corrected chi connectivity index (χ0v) is 13.8. The van der Waals surface area contributed by atoms with Crippen molar-refractivity contribution in [1.82, 2.24) is 5.32 Å². The van der Waals surface area contributed by atoms with Gasteiger partial charge in [0.1, 0.15) is 12.6 Å². The zero-order chi connectivity index (χ0) is 17.1. The first-order valence-corrected chi connectivity index (χ1v) is 7.93. The number of ether oxygens (including phenoxy) is 2. The molecule has 0 spiro atoms. The Hall–Kier alpha value is -2.08. The fraction of sp³-hybridized carbons (Fsp3) is 0.529. The molecule has 0 aliphatic heterocycles. The Morgan fingerprint density at radius 1 is 1.26 bits per heavy atom. The molecule has 6 nitrogen and oxygen atoms in total. The number of carbonyl (C=O) groups is 2. The van der Waals surface area contributed by atoms with E-state index in [4.69, 9.17) is 15.2 Å². The van der Waals surface area contributed by atoms with E-state index in [1.165, 1.54) is 0 Å². The number of nitrogens with one attached hydrogen (secondary N) is 1. The van der Waals surface area contributed by atoms with Crippen LogP contribution in [0, 0.1) is 0 Å². The van der Waals surface area contributed by atoms with Crippen LogP contribution < -0.4 is 11.1 Å². The summed E-state index contributed by atoms with van der Waals surface area (Å²) in [5, 5.41) is 2.63. The second-order valence-corrected chi connectivity index (χ2v) is 5.39. The van der Waals surface area contributed by atoms with Crippen molar-refractivity contribution in [2.75, 3.05) is 6.54 Å². The lowest BCUT2D eigenvalue weighted by Gasteiger charge is -2.15. The molecule has 1 aromatic rings. The van der Waals surface area contributed by atoms with Gasteiger partial charge in [0, 0.05) is 6.54 Å². The van der Waals surface area contributed by atoms with Gasteiger partial charge >= 0.3 is 12.1 Å². The average molecular weight is 322 g/mol. The van der Waals surface area contributed by atoms with Gasteiger partial charge in [0.15, 0.2) is 0 Å². The number of nitrogens with two attached hydrogens (primary N) is 1. The lowest BCUT2D eigenvalue weighted by molar-refractivity contribution is -0.150. The monoisotopic (exact) mass is 322 g/mol. The Balaban J connectivity index is 2.11. The topological polar surface area (TPSA) is 90.6 Å². The van der Waals surface area contributed by atoms with Crippen LogP contribution in [0.5, 0.6) is 0 Å². The number of rotatable bonds is 9. The van der Waals surface area contributed by atoms with Gasteiger partial charge in [-0.05, 0) is 31.7 Å². The van der Waals surface area contributed by atoms with Crippen LogP contribution in [0.2, 0.25) is 0 Å². The van der Waals surface area contributed by atoms with Crippen LogP contribution in [0.4, 0.5) is 4.79 Å². The highest BCUT2D eigenvalue weighted by Crippen LogP contribution is 2.03. The van der Waals surface area contributed by atoms with E-state index in [9.17, 15) is 9.59 Å². The van der Waals surface area contributed by atoms with Crippen molar-refractivity contribution in [3.63, 3.8) is 0 Å². The molecule has 0 aliphatic carbocycles. The van der Waals surface area contributed by atoms with E-state index in [2.05, 4.69) is 5.32 Å². The van der Waals surface area contributed by atoms with E-state index in [0.717, 1.165) is 12.0 Å². The molecule has 6 heteroatoms. The number of hydrogen-bond acceptors (Lipinski definition) is 5. The van der Waals surface area contributed by atoms with Crippen molar-refractivity contribution < 1.29 is 19.1 Å². The number of alkyl carbamates (subject to hydrolysis) is 1. The molecule has 0 radical (unpaired) electrons. The smallest absolute Gasteiger partial charge is 0.407 e. The quantitative estimate of drug-likeness (QED) is 0.538. The van der Waals surface area contributed by atoms with E-state index < -0.39 is 18.1 Å². The number of carbonyl (C=O) groups excluding carboxylic acids is 2. The lowest BCUT2D eigenvalue weighted by Crippen LogP contribution is -2.35. The Bertz CT molecular complexity index is 479. The molecule has 23 heavy (non-hydrogen) atoms. The molecule has 1 unspecified atom stereocenters. The first-order chi connectivity index (χ1) is 11.0. The molecular formula is C17H26N2O4. The summed E-state index contributed by atoms with van der Waals surface area (Å²) in [5.41, 5.74) is 6.68. The second-order valence-electron chi connectivity index (χ2n) is 5.39. The van der Waals surface area contributed by atoms with Crippen LogP contribution in [-0.4, -0.2) is 30.8 Å². The highest BCUT2D eigenvalue weighted by molar-refractivity contribution is 5.75. The van der Waals surface area contributed by atoms with Gasteiger partial charge in [0.2, 0.25) is 0 Å². The van der Waals surface area contributed by atoms with Gasteiger partial charge in [0.25, 0.3) is 0 Å². The fourth-order valence-corrected chi connectivity index (χ4v) is 1.77. The zero-order valence-electron chi connectivity index (χ0n) is 13.8. The summed E-state index contributed by atoms with van der Waals surface area (Å²) in [6.45, 7) is 4.40. The summed E-state index contributed by atoms with van der Waals surface area (Å²) < 4.78 is 10.2. The summed E-state index contributed by atoms with van der Waals surface area (Å²) >= 11 is 0. The van der Waals surface area contributed by atoms with Crippen molar-refractivity contribution >= 4 is 12.1 Å². The molecule has 0 bridgehead atoms. The summed E-state index contributed by atoms with van der Waals surface area (Å²) in [6.07, 6.45) is 1.18. The van der Waals surface area contributed by atoms with Crippen LogP contribution >= 0.6 is 0 Å². The number of benzene rings is 1. The van der Waals surface area contributed by atoms with Gasteiger partial charge in [-0.3, -0.25) is 4.79 Å². The minimum Gasteiger partial charge on any atom is -0.462 e. The SMILES string of the molecule is CCC(C)OC(=O)[C@@H](N)CCCNC(=O)OCc1ccccc1. The number of esters is 1. The Kier molecular flexibility index (Phi) is 8.75. The molecule has 0 saturated heterocycles. The molecule has 0 saturated carbocycles. The van der Waals surface area contributed by atoms with Crippen LogP contribution in [0.25, 0.3) is 0 Å². The Morgan fingerprint density at radius 2 is 1.96 bits per heavy atom. The van der Waals surface area contributed by atoms with Crippen molar-refractivity contribution in [3.8, 4) is 0 Å². The Labute approximate surface area is 137 Å². The molecule has 0 fully saturated rings. The molecule has 1 amide bonds. The third kappa shape index (κ3) is 8.21. The van der Waals surface area contributed by atoms with E-state index >= 15 is 0 Å². The van der Waals surface area contributed by atoms with Crippen molar-refractivity contribution in [2.45, 2.75) is 51.9 Å². The van der Waals surface area contributed by atoms with E-state index in [1.54, 1.807) is 0 Å². The molecular weight excluding hydrogens is 296 g/mol. The summed E-state index contributed by atoms with van der Waals surface area (Å²) in [5.74, 6) is -0.397. The third-order valence-corrected chi connectivity index (χ3v) is 3.37. The maximum atomic E-state index is 11.6. The minimum atomic E-state index is -0.661. The maximum Gasteiger partial charge on any atom is 0.407 e. The third-order valence-electron chi connectivity index (χ3n) is 3.37.